The predicted molar refractivity (Wildman–Crippen MR) is 71.5 cm³/mol. The lowest BCUT2D eigenvalue weighted by Crippen LogP contribution is -2.29. The first-order valence-corrected chi connectivity index (χ1v) is 9.10. The summed E-state index contributed by atoms with van der Waals surface area (Å²) in [5.74, 6) is -0.336. The molecule has 1 N–H and O–H groups in total. The van der Waals surface area contributed by atoms with Crippen molar-refractivity contribution < 1.29 is 16.8 Å². The molecule has 0 radical (unpaired) electrons. The highest BCUT2D eigenvalue weighted by Gasteiger charge is 2.12. The summed E-state index contributed by atoms with van der Waals surface area (Å²) in [4.78, 5) is 0. The summed E-state index contributed by atoms with van der Waals surface area (Å²) >= 11 is 0. The molecule has 0 amide bonds. The molecule has 0 aromatic heterocycles. The third-order valence-electron chi connectivity index (χ3n) is 2.27. The van der Waals surface area contributed by atoms with Crippen molar-refractivity contribution in [1.29, 1.82) is 0 Å². The van der Waals surface area contributed by atoms with Gasteiger partial charge in [0, 0.05) is 12.8 Å². The predicted octanol–water partition coefficient (Wildman–Crippen LogP) is 0.459. The van der Waals surface area contributed by atoms with Gasteiger partial charge in [-0.15, -0.1) is 0 Å². The molecule has 7 heteroatoms. The minimum absolute atomic E-state index is 0.0902. The van der Waals surface area contributed by atoms with E-state index in [4.69, 9.17) is 0 Å². The Balaban J connectivity index is 2.57. The van der Waals surface area contributed by atoms with E-state index in [1.165, 1.54) is 0 Å². The second-order valence-electron chi connectivity index (χ2n) is 4.27. The number of sulfone groups is 1. The largest absolute Gasteiger partial charge is 0.229 e. The molecule has 102 valence electrons. The standard InChI is InChI=1S/C11H17NO4S2/c1-10-3-5-11(6-4-10)9-18(15,16)12-7-8-17(2,13)14/h3-6,12H,7-9H2,1-2H3. The van der Waals surface area contributed by atoms with Crippen molar-refractivity contribution in [2.45, 2.75) is 12.7 Å². The summed E-state index contributed by atoms with van der Waals surface area (Å²) in [6.45, 7) is 1.83. The molecule has 0 bridgehead atoms. The molecule has 0 saturated heterocycles. The average Bonchev–Trinajstić information content (AvgIpc) is 2.18. The van der Waals surface area contributed by atoms with Crippen LogP contribution < -0.4 is 4.72 Å². The molecular weight excluding hydrogens is 274 g/mol. The lowest BCUT2D eigenvalue weighted by molar-refractivity contribution is 0.581. The van der Waals surface area contributed by atoms with Crippen LogP contribution in [0, 0.1) is 6.92 Å². The van der Waals surface area contributed by atoms with Crippen LogP contribution >= 0.6 is 0 Å². The van der Waals surface area contributed by atoms with Gasteiger partial charge in [-0.05, 0) is 12.5 Å². The van der Waals surface area contributed by atoms with Crippen LogP contribution in [0.15, 0.2) is 24.3 Å². The fraction of sp³-hybridized carbons (Fsp3) is 0.455. The molecule has 5 nitrogen and oxygen atoms in total. The number of hydrogen-bond donors (Lipinski definition) is 1. The highest BCUT2D eigenvalue weighted by Crippen LogP contribution is 2.06. The number of benzene rings is 1. The minimum atomic E-state index is -3.48. The van der Waals surface area contributed by atoms with Crippen LogP contribution in [0.1, 0.15) is 11.1 Å². The van der Waals surface area contributed by atoms with Crippen LogP contribution in [0.4, 0.5) is 0 Å². The van der Waals surface area contributed by atoms with Gasteiger partial charge >= 0.3 is 0 Å². The van der Waals surface area contributed by atoms with E-state index in [-0.39, 0.29) is 18.1 Å². The molecule has 1 rings (SSSR count). The molecule has 0 spiro atoms. The van der Waals surface area contributed by atoms with Crippen LogP contribution in [-0.4, -0.2) is 35.4 Å². The molecule has 0 aliphatic carbocycles. The Morgan fingerprint density at radius 1 is 1.06 bits per heavy atom. The van der Waals surface area contributed by atoms with Gasteiger partial charge in [0.25, 0.3) is 0 Å². The van der Waals surface area contributed by atoms with Crippen molar-refractivity contribution in [3.8, 4) is 0 Å². The molecular formula is C11H17NO4S2. The zero-order valence-corrected chi connectivity index (χ0v) is 12.0. The Hall–Kier alpha value is -0.920. The second-order valence-corrected chi connectivity index (χ2v) is 8.34. The third kappa shape index (κ3) is 6.13. The molecule has 1 aromatic carbocycles. The van der Waals surface area contributed by atoms with E-state index in [0.717, 1.165) is 11.8 Å². The number of aryl methyl sites for hydroxylation is 1. The van der Waals surface area contributed by atoms with Crippen molar-refractivity contribution in [2.24, 2.45) is 0 Å². The van der Waals surface area contributed by atoms with Crippen molar-refractivity contribution in [2.75, 3.05) is 18.6 Å². The number of hydrogen-bond acceptors (Lipinski definition) is 4. The monoisotopic (exact) mass is 291 g/mol. The van der Waals surface area contributed by atoms with E-state index in [1.54, 1.807) is 12.1 Å². The van der Waals surface area contributed by atoms with E-state index in [0.29, 0.717) is 5.56 Å². The maximum Gasteiger partial charge on any atom is 0.215 e. The second kappa shape index (κ2) is 5.81. The zero-order chi connectivity index (χ0) is 13.8. The topological polar surface area (TPSA) is 80.3 Å². The molecule has 0 fully saturated rings. The van der Waals surface area contributed by atoms with Crippen molar-refractivity contribution in [3.05, 3.63) is 35.4 Å². The smallest absolute Gasteiger partial charge is 0.215 e. The third-order valence-corrected chi connectivity index (χ3v) is 4.58. The SMILES string of the molecule is Cc1ccc(CS(=O)(=O)NCCS(C)(=O)=O)cc1. The van der Waals surface area contributed by atoms with Crippen LogP contribution in [0.2, 0.25) is 0 Å². The Morgan fingerprint density at radius 3 is 2.11 bits per heavy atom. The molecule has 0 unspecified atom stereocenters. The van der Waals surface area contributed by atoms with E-state index < -0.39 is 19.9 Å². The zero-order valence-electron chi connectivity index (χ0n) is 10.4. The highest BCUT2D eigenvalue weighted by molar-refractivity contribution is 7.91. The first-order chi connectivity index (χ1) is 8.18. The van der Waals surface area contributed by atoms with Crippen molar-refractivity contribution >= 4 is 19.9 Å². The molecule has 0 heterocycles. The Labute approximate surface area is 108 Å². The Bertz CT molecular complexity index is 588. The van der Waals surface area contributed by atoms with Gasteiger partial charge in [-0.25, -0.2) is 21.6 Å². The van der Waals surface area contributed by atoms with Crippen LogP contribution in [-0.2, 0) is 25.6 Å². The van der Waals surface area contributed by atoms with Gasteiger partial charge < -0.3 is 0 Å². The summed E-state index contributed by atoms with van der Waals surface area (Å²) in [6.07, 6.45) is 1.07. The fourth-order valence-electron chi connectivity index (χ4n) is 1.34. The molecule has 0 saturated carbocycles. The van der Waals surface area contributed by atoms with Gasteiger partial charge in [-0.1, -0.05) is 29.8 Å². The maximum absolute atomic E-state index is 11.7. The Morgan fingerprint density at radius 2 is 1.61 bits per heavy atom. The van der Waals surface area contributed by atoms with Gasteiger partial charge in [0.1, 0.15) is 9.84 Å². The van der Waals surface area contributed by atoms with Gasteiger partial charge in [-0.2, -0.15) is 0 Å². The highest BCUT2D eigenvalue weighted by atomic mass is 32.2. The molecule has 18 heavy (non-hydrogen) atoms. The lowest BCUT2D eigenvalue weighted by atomic mass is 10.2. The van der Waals surface area contributed by atoms with Crippen LogP contribution in [0.25, 0.3) is 0 Å². The quantitative estimate of drug-likeness (QED) is 0.825. The summed E-state index contributed by atoms with van der Waals surface area (Å²) < 4.78 is 47.4. The van der Waals surface area contributed by atoms with Gasteiger partial charge in [-0.3, -0.25) is 0 Å². The van der Waals surface area contributed by atoms with Gasteiger partial charge in [0.05, 0.1) is 11.5 Å². The van der Waals surface area contributed by atoms with Crippen molar-refractivity contribution in [1.82, 2.24) is 4.72 Å². The number of nitrogens with one attached hydrogen (secondary N) is 1. The summed E-state index contributed by atoms with van der Waals surface area (Å²) in [7, 11) is -6.64. The van der Waals surface area contributed by atoms with Crippen LogP contribution in [0.3, 0.4) is 0 Å². The van der Waals surface area contributed by atoms with Crippen LogP contribution in [0.5, 0.6) is 0 Å². The Kier molecular flexibility index (Phi) is 4.89. The minimum Gasteiger partial charge on any atom is -0.229 e. The van der Waals surface area contributed by atoms with Gasteiger partial charge in [0.15, 0.2) is 0 Å². The number of sulfonamides is 1. The molecule has 0 atom stereocenters. The van der Waals surface area contributed by atoms with E-state index >= 15 is 0 Å². The van der Waals surface area contributed by atoms with E-state index in [2.05, 4.69) is 4.72 Å². The van der Waals surface area contributed by atoms with E-state index in [9.17, 15) is 16.8 Å². The molecule has 0 aliphatic heterocycles. The first-order valence-electron chi connectivity index (χ1n) is 5.38. The lowest BCUT2D eigenvalue weighted by Gasteiger charge is -2.06. The molecule has 1 aromatic rings. The summed E-state index contributed by atoms with van der Waals surface area (Å²) in [6, 6.07) is 7.15. The first kappa shape index (κ1) is 15.1. The normalized spacial score (nSPS) is 12.6. The van der Waals surface area contributed by atoms with E-state index in [1.807, 2.05) is 19.1 Å². The average molecular weight is 291 g/mol. The molecule has 0 aliphatic rings. The maximum atomic E-state index is 11.7. The van der Waals surface area contributed by atoms with Gasteiger partial charge in [0.2, 0.25) is 10.0 Å². The summed E-state index contributed by atoms with van der Waals surface area (Å²) in [5.41, 5.74) is 1.73. The van der Waals surface area contributed by atoms with Crippen molar-refractivity contribution in [3.63, 3.8) is 0 Å². The summed E-state index contributed by atoms with van der Waals surface area (Å²) in [5, 5.41) is 0. The fourth-order valence-corrected chi connectivity index (χ4v) is 3.09. The number of rotatable bonds is 6.